The molecule has 0 bridgehead atoms. The van der Waals surface area contributed by atoms with Crippen LogP contribution in [-0.2, 0) is 23.9 Å². The average Bonchev–Trinajstić information content (AvgIpc) is 2.85. The Labute approximate surface area is 152 Å². The monoisotopic (exact) mass is 366 g/mol. The van der Waals surface area contributed by atoms with Gasteiger partial charge in [0.05, 0.1) is 13.2 Å². The Balaban J connectivity index is 1.78. The molecule has 3 atom stereocenters. The number of carbonyl (C=O) groups is 3. The molecule has 2 fully saturated rings. The number of fused-ring (bicyclic) bond motifs is 1. The van der Waals surface area contributed by atoms with Crippen molar-refractivity contribution in [2.75, 3.05) is 19.8 Å². The molecule has 0 spiro atoms. The molecule has 2 saturated heterocycles. The predicted molar refractivity (Wildman–Crippen MR) is 90.6 cm³/mol. The first-order valence-electron chi connectivity index (χ1n) is 9.17. The second-order valence-electron chi connectivity index (χ2n) is 7.21. The van der Waals surface area contributed by atoms with Crippen LogP contribution >= 0.6 is 0 Å². The molecular weight excluding hydrogens is 340 g/mol. The Bertz CT molecular complexity index is 629. The van der Waals surface area contributed by atoms with Gasteiger partial charge in [0.15, 0.2) is 11.8 Å². The summed E-state index contributed by atoms with van der Waals surface area (Å²) in [5, 5.41) is 12.0. The van der Waals surface area contributed by atoms with Gasteiger partial charge in [-0.2, -0.15) is 0 Å². The SMILES string of the molecule is CCC1(CCOC2CCCCO2)C(=O)N2CC=CC(C)(C(=O)O)N2C1=O. The first kappa shape index (κ1) is 18.8. The Hall–Kier alpha value is -1.93. The highest BCUT2D eigenvalue weighted by Gasteiger charge is 2.63. The van der Waals surface area contributed by atoms with Crippen molar-refractivity contribution in [3.8, 4) is 0 Å². The average molecular weight is 366 g/mol. The van der Waals surface area contributed by atoms with E-state index >= 15 is 0 Å². The van der Waals surface area contributed by atoms with Gasteiger partial charge in [0, 0.05) is 6.61 Å². The summed E-state index contributed by atoms with van der Waals surface area (Å²) < 4.78 is 11.2. The van der Waals surface area contributed by atoms with Gasteiger partial charge in [0.2, 0.25) is 0 Å². The summed E-state index contributed by atoms with van der Waals surface area (Å²) in [7, 11) is 0. The van der Waals surface area contributed by atoms with Gasteiger partial charge in [-0.1, -0.05) is 13.0 Å². The lowest BCUT2D eigenvalue weighted by atomic mass is 9.80. The fourth-order valence-electron chi connectivity index (χ4n) is 3.88. The van der Waals surface area contributed by atoms with Gasteiger partial charge in [-0.15, -0.1) is 0 Å². The minimum absolute atomic E-state index is 0.196. The molecule has 3 unspecified atom stereocenters. The van der Waals surface area contributed by atoms with Crippen LogP contribution in [-0.4, -0.2) is 64.5 Å². The van der Waals surface area contributed by atoms with Gasteiger partial charge < -0.3 is 14.6 Å². The van der Waals surface area contributed by atoms with Crippen molar-refractivity contribution in [2.45, 2.75) is 57.8 Å². The summed E-state index contributed by atoms with van der Waals surface area (Å²) in [4.78, 5) is 38.0. The highest BCUT2D eigenvalue weighted by Crippen LogP contribution is 2.43. The minimum Gasteiger partial charge on any atom is -0.479 e. The molecule has 3 heterocycles. The number of aliphatic carboxylic acids is 1. The first-order valence-corrected chi connectivity index (χ1v) is 9.17. The molecule has 0 aromatic rings. The normalized spacial score (nSPS) is 34.3. The van der Waals surface area contributed by atoms with Crippen LogP contribution in [0.5, 0.6) is 0 Å². The molecule has 0 radical (unpaired) electrons. The van der Waals surface area contributed by atoms with Crippen molar-refractivity contribution in [2.24, 2.45) is 5.41 Å². The number of carboxylic acids is 1. The van der Waals surface area contributed by atoms with E-state index in [0.717, 1.165) is 24.3 Å². The summed E-state index contributed by atoms with van der Waals surface area (Å²) in [5.41, 5.74) is -2.84. The lowest BCUT2D eigenvalue weighted by Crippen LogP contribution is -2.60. The van der Waals surface area contributed by atoms with E-state index in [1.807, 2.05) is 0 Å². The number of hydrogen-bond acceptors (Lipinski definition) is 5. The van der Waals surface area contributed by atoms with Gasteiger partial charge in [0.1, 0.15) is 5.41 Å². The zero-order valence-corrected chi connectivity index (χ0v) is 15.3. The molecule has 2 amide bonds. The third-order valence-electron chi connectivity index (χ3n) is 5.65. The largest absolute Gasteiger partial charge is 0.479 e. The second kappa shape index (κ2) is 7.00. The topological polar surface area (TPSA) is 96.4 Å². The van der Waals surface area contributed by atoms with E-state index in [9.17, 15) is 19.5 Å². The summed E-state index contributed by atoms with van der Waals surface area (Å²) in [5.74, 6) is -1.99. The molecule has 3 aliphatic rings. The number of nitrogens with zero attached hydrogens (tertiary/aromatic N) is 2. The van der Waals surface area contributed by atoms with Crippen LogP contribution in [0.1, 0.15) is 46.0 Å². The lowest BCUT2D eigenvalue weighted by Gasteiger charge is -2.40. The zero-order valence-electron chi connectivity index (χ0n) is 15.3. The zero-order chi connectivity index (χ0) is 18.9. The molecule has 8 heteroatoms. The van der Waals surface area contributed by atoms with Crippen LogP contribution in [0.25, 0.3) is 0 Å². The molecular formula is C18H26N2O6. The van der Waals surface area contributed by atoms with Gasteiger partial charge in [-0.3, -0.25) is 9.59 Å². The van der Waals surface area contributed by atoms with E-state index in [2.05, 4.69) is 0 Å². The van der Waals surface area contributed by atoms with E-state index in [4.69, 9.17) is 9.47 Å². The number of carboxylic acid groups (broad SMARTS) is 1. The molecule has 8 nitrogen and oxygen atoms in total. The Morgan fingerprint density at radius 2 is 2.15 bits per heavy atom. The molecule has 26 heavy (non-hydrogen) atoms. The van der Waals surface area contributed by atoms with Crippen molar-refractivity contribution in [3.05, 3.63) is 12.2 Å². The number of hydrogen-bond donors (Lipinski definition) is 1. The molecule has 3 aliphatic heterocycles. The van der Waals surface area contributed by atoms with Crippen LogP contribution in [0.4, 0.5) is 0 Å². The van der Waals surface area contributed by atoms with E-state index < -0.39 is 22.8 Å². The van der Waals surface area contributed by atoms with E-state index in [1.54, 1.807) is 13.0 Å². The second-order valence-corrected chi connectivity index (χ2v) is 7.21. The maximum Gasteiger partial charge on any atom is 0.335 e. The molecule has 0 saturated carbocycles. The quantitative estimate of drug-likeness (QED) is 0.562. The summed E-state index contributed by atoms with van der Waals surface area (Å²) in [6.45, 7) is 4.28. The Morgan fingerprint density at radius 1 is 1.38 bits per heavy atom. The lowest BCUT2D eigenvalue weighted by molar-refractivity contribution is -0.172. The van der Waals surface area contributed by atoms with Gasteiger partial charge >= 0.3 is 5.97 Å². The highest BCUT2D eigenvalue weighted by molar-refractivity contribution is 6.11. The van der Waals surface area contributed by atoms with E-state index in [-0.39, 0.29) is 31.8 Å². The molecule has 1 N–H and O–H groups in total. The molecule has 3 rings (SSSR count). The first-order chi connectivity index (χ1) is 12.4. The van der Waals surface area contributed by atoms with E-state index in [0.29, 0.717) is 13.0 Å². The van der Waals surface area contributed by atoms with Crippen LogP contribution in [0.2, 0.25) is 0 Å². The Morgan fingerprint density at radius 3 is 2.77 bits per heavy atom. The van der Waals surface area contributed by atoms with Crippen molar-refractivity contribution in [3.63, 3.8) is 0 Å². The number of rotatable bonds is 6. The van der Waals surface area contributed by atoms with Crippen molar-refractivity contribution >= 4 is 17.8 Å². The third-order valence-corrected chi connectivity index (χ3v) is 5.65. The highest BCUT2D eigenvalue weighted by atomic mass is 16.7. The maximum absolute atomic E-state index is 13.2. The van der Waals surface area contributed by atoms with Crippen molar-refractivity contribution in [1.29, 1.82) is 0 Å². The van der Waals surface area contributed by atoms with Crippen LogP contribution in [0.15, 0.2) is 12.2 Å². The Kier molecular flexibility index (Phi) is 5.07. The summed E-state index contributed by atoms with van der Waals surface area (Å²) in [6, 6.07) is 0. The van der Waals surface area contributed by atoms with Gasteiger partial charge in [-0.25, -0.2) is 14.8 Å². The summed E-state index contributed by atoms with van der Waals surface area (Å²) in [6.07, 6.45) is 6.15. The third kappa shape index (κ3) is 2.81. The van der Waals surface area contributed by atoms with Crippen molar-refractivity contribution < 1.29 is 29.0 Å². The molecule has 0 aromatic heterocycles. The van der Waals surface area contributed by atoms with Crippen molar-refractivity contribution in [1.82, 2.24) is 10.0 Å². The fourth-order valence-corrected chi connectivity index (χ4v) is 3.88. The smallest absolute Gasteiger partial charge is 0.335 e. The number of ether oxygens (including phenoxy) is 2. The summed E-state index contributed by atoms with van der Waals surface area (Å²) >= 11 is 0. The van der Waals surface area contributed by atoms with Crippen LogP contribution in [0, 0.1) is 5.41 Å². The van der Waals surface area contributed by atoms with Gasteiger partial charge in [-0.05, 0) is 45.1 Å². The minimum atomic E-state index is -1.56. The van der Waals surface area contributed by atoms with Gasteiger partial charge in [0.25, 0.3) is 11.8 Å². The maximum atomic E-state index is 13.2. The number of carbonyl (C=O) groups excluding carboxylic acids is 2. The van der Waals surface area contributed by atoms with Crippen LogP contribution < -0.4 is 0 Å². The predicted octanol–water partition coefficient (Wildman–Crippen LogP) is 1.32. The number of amides is 2. The fraction of sp³-hybridized carbons (Fsp3) is 0.722. The number of hydrazine groups is 1. The molecule has 144 valence electrons. The van der Waals surface area contributed by atoms with Crippen LogP contribution in [0.3, 0.4) is 0 Å². The molecule has 0 aromatic carbocycles. The standard InChI is InChI=1S/C18H26N2O6/c1-3-18(9-12-26-13-7-4-5-11-25-13)14(21)19-10-6-8-17(2,16(23)24)20(19)15(18)22/h6,8,13H,3-5,7,9-12H2,1-2H3,(H,23,24). The molecule has 0 aliphatic carbocycles. The van der Waals surface area contributed by atoms with E-state index in [1.165, 1.54) is 18.0 Å².